The van der Waals surface area contributed by atoms with Crippen LogP contribution in [0.4, 0.5) is 0 Å². The van der Waals surface area contributed by atoms with E-state index in [0.29, 0.717) is 0 Å². The Balaban J connectivity index is 4.95. The number of rotatable bonds is 3. The van der Waals surface area contributed by atoms with Gasteiger partial charge in [-0.3, -0.25) is 0 Å². The molecule has 64 valence electrons. The number of hydrogen-bond donors (Lipinski definition) is 2. The van der Waals surface area contributed by atoms with Gasteiger partial charge in [0, 0.05) is 10.7 Å². The molecule has 0 aromatic heterocycles. The molecule has 6 heteroatoms. The van der Waals surface area contributed by atoms with E-state index in [9.17, 15) is 8.42 Å². The molecule has 0 amide bonds. The van der Waals surface area contributed by atoms with E-state index < -0.39 is 9.05 Å². The van der Waals surface area contributed by atoms with E-state index in [4.69, 9.17) is 16.1 Å². The summed E-state index contributed by atoms with van der Waals surface area (Å²) in [4.78, 5) is -0.151. The first kappa shape index (κ1) is 10.6. The summed E-state index contributed by atoms with van der Waals surface area (Å²) in [5.74, 6) is 0. The van der Waals surface area contributed by atoms with Crippen LogP contribution in [-0.2, 0) is 9.05 Å². The second-order valence-electron chi connectivity index (χ2n) is 1.93. The van der Waals surface area contributed by atoms with Crippen molar-refractivity contribution in [2.45, 2.75) is 6.92 Å². The van der Waals surface area contributed by atoms with Crippen molar-refractivity contribution in [1.82, 2.24) is 0 Å². The Kier molecular flexibility index (Phi) is 3.71. The lowest BCUT2D eigenvalue weighted by molar-refractivity contribution is -0.556. The standard InChI is InChI=1S/C5H9ClN2O2S/c1-4(7)5(3-8-2)11(6,9)10/h3,7-8H,1-2H3/p+1. The summed E-state index contributed by atoms with van der Waals surface area (Å²) in [6, 6.07) is 0. The molecule has 0 aromatic rings. The van der Waals surface area contributed by atoms with Crippen LogP contribution in [0.25, 0.3) is 0 Å². The normalized spacial score (nSPS) is 13.2. The maximum atomic E-state index is 10.7. The Labute approximate surface area is 70.2 Å². The third-order valence-corrected chi connectivity index (χ3v) is 2.42. The summed E-state index contributed by atoms with van der Waals surface area (Å²) in [7, 11) is 2.93. The Bertz CT molecular complexity index is 281. The first-order chi connectivity index (χ1) is 4.89. The maximum Gasteiger partial charge on any atom is 0.268 e. The molecule has 3 N–H and O–H groups in total. The average molecular weight is 198 g/mol. The molecule has 0 saturated heterocycles. The van der Waals surface area contributed by atoms with Gasteiger partial charge in [0.2, 0.25) is 0 Å². The lowest BCUT2D eigenvalue weighted by Gasteiger charge is -1.96. The van der Waals surface area contributed by atoms with Gasteiger partial charge in [-0.05, 0) is 6.92 Å². The van der Waals surface area contributed by atoms with Crippen LogP contribution < -0.4 is 5.32 Å². The highest BCUT2D eigenvalue weighted by Crippen LogP contribution is 2.10. The summed E-state index contributed by atoms with van der Waals surface area (Å²) >= 11 is 0. The number of nitrogens with two attached hydrogens (primary N) is 1. The minimum atomic E-state index is -3.75. The molecule has 0 saturated carbocycles. The first-order valence-corrected chi connectivity index (χ1v) is 5.20. The van der Waals surface area contributed by atoms with Crippen molar-refractivity contribution in [1.29, 1.82) is 5.41 Å². The molecule has 0 unspecified atom stereocenters. The van der Waals surface area contributed by atoms with E-state index in [0.717, 1.165) is 0 Å². The molecule has 0 atom stereocenters. The van der Waals surface area contributed by atoms with Crippen molar-refractivity contribution < 1.29 is 13.7 Å². The van der Waals surface area contributed by atoms with Crippen molar-refractivity contribution in [2.24, 2.45) is 0 Å². The molecule has 0 radical (unpaired) electrons. The van der Waals surface area contributed by atoms with E-state index in [2.05, 4.69) is 0 Å². The Morgan fingerprint density at radius 3 is 2.18 bits per heavy atom. The summed E-state index contributed by atoms with van der Waals surface area (Å²) in [5.41, 5.74) is -0.0573. The van der Waals surface area contributed by atoms with Crippen molar-refractivity contribution in [3.8, 4) is 0 Å². The molecule has 0 heterocycles. The van der Waals surface area contributed by atoms with E-state index in [1.807, 2.05) is 0 Å². The van der Waals surface area contributed by atoms with Crippen LogP contribution in [0.2, 0.25) is 0 Å². The summed E-state index contributed by atoms with van der Waals surface area (Å²) in [6.45, 7) is 1.37. The van der Waals surface area contributed by atoms with Gasteiger partial charge in [-0.2, -0.15) is 0 Å². The topological polar surface area (TPSA) is 74.6 Å². The fourth-order valence-electron chi connectivity index (χ4n) is 0.541. The molecule has 0 bridgehead atoms. The van der Waals surface area contributed by atoms with Crippen LogP contribution in [0.5, 0.6) is 0 Å². The van der Waals surface area contributed by atoms with E-state index >= 15 is 0 Å². The Morgan fingerprint density at radius 1 is 1.64 bits per heavy atom. The largest absolute Gasteiger partial charge is 0.321 e. The van der Waals surface area contributed by atoms with Crippen molar-refractivity contribution in [3.05, 3.63) is 11.1 Å². The summed E-state index contributed by atoms with van der Waals surface area (Å²) < 4.78 is 21.4. The monoisotopic (exact) mass is 197 g/mol. The van der Waals surface area contributed by atoms with E-state index in [1.165, 1.54) is 18.4 Å². The van der Waals surface area contributed by atoms with Gasteiger partial charge in [0.25, 0.3) is 9.05 Å². The molecule has 0 aromatic carbocycles. The van der Waals surface area contributed by atoms with Gasteiger partial charge in [0.1, 0.15) is 6.20 Å². The molecular weight excluding hydrogens is 188 g/mol. The minimum Gasteiger partial charge on any atom is -0.321 e. The van der Waals surface area contributed by atoms with Crippen LogP contribution in [0.15, 0.2) is 11.1 Å². The molecule has 0 spiro atoms. The Morgan fingerprint density at radius 2 is 2.09 bits per heavy atom. The van der Waals surface area contributed by atoms with Gasteiger partial charge >= 0.3 is 0 Å². The van der Waals surface area contributed by atoms with Gasteiger partial charge in [0.15, 0.2) is 4.91 Å². The van der Waals surface area contributed by atoms with Crippen molar-refractivity contribution in [3.63, 3.8) is 0 Å². The Hall–Kier alpha value is -0.390. The highest BCUT2D eigenvalue weighted by molar-refractivity contribution is 8.17. The summed E-state index contributed by atoms with van der Waals surface area (Å²) in [5, 5.41) is 8.58. The number of halogens is 1. The molecule has 0 fully saturated rings. The third-order valence-electron chi connectivity index (χ3n) is 0.950. The molecule has 11 heavy (non-hydrogen) atoms. The molecule has 0 aliphatic heterocycles. The average Bonchev–Trinajstić information content (AvgIpc) is 1.79. The fourth-order valence-corrected chi connectivity index (χ4v) is 1.71. The smallest absolute Gasteiger partial charge is 0.268 e. The SMILES string of the molecule is C[NH2+]C=C(C(C)=N)S(=O)(=O)Cl. The molecular formula is C5H10ClN2O2S+. The lowest BCUT2D eigenvalue weighted by atomic mass is 10.4. The van der Waals surface area contributed by atoms with Crippen LogP contribution in [0.3, 0.4) is 0 Å². The zero-order valence-electron chi connectivity index (χ0n) is 6.26. The zero-order chi connectivity index (χ0) is 9.07. The van der Waals surface area contributed by atoms with Crippen molar-refractivity contribution >= 4 is 25.4 Å². The first-order valence-electron chi connectivity index (χ1n) is 2.89. The molecule has 0 aliphatic rings. The third kappa shape index (κ3) is 3.50. The number of quaternary nitrogens is 1. The van der Waals surface area contributed by atoms with Crippen LogP contribution in [-0.4, -0.2) is 21.2 Å². The molecule has 4 nitrogen and oxygen atoms in total. The van der Waals surface area contributed by atoms with Gasteiger partial charge in [-0.1, -0.05) is 0 Å². The van der Waals surface area contributed by atoms with Crippen LogP contribution in [0.1, 0.15) is 6.92 Å². The number of allylic oxidation sites excluding steroid dienone is 1. The second kappa shape index (κ2) is 3.85. The van der Waals surface area contributed by atoms with Crippen molar-refractivity contribution in [2.75, 3.05) is 7.05 Å². The molecule has 0 rings (SSSR count). The van der Waals surface area contributed by atoms with Gasteiger partial charge < -0.3 is 10.7 Å². The maximum absolute atomic E-state index is 10.7. The van der Waals surface area contributed by atoms with Crippen LogP contribution in [0, 0.1) is 5.41 Å². The number of nitrogens with one attached hydrogen (secondary N) is 1. The summed E-state index contributed by atoms with van der Waals surface area (Å²) in [6.07, 6.45) is 1.30. The van der Waals surface area contributed by atoms with E-state index in [-0.39, 0.29) is 10.6 Å². The number of hydrogen-bond acceptors (Lipinski definition) is 3. The second-order valence-corrected chi connectivity index (χ2v) is 4.46. The van der Waals surface area contributed by atoms with E-state index in [1.54, 1.807) is 7.05 Å². The zero-order valence-corrected chi connectivity index (χ0v) is 7.83. The van der Waals surface area contributed by atoms with Gasteiger partial charge in [0.05, 0.1) is 12.8 Å². The highest BCUT2D eigenvalue weighted by Gasteiger charge is 2.17. The predicted molar refractivity (Wildman–Crippen MR) is 44.1 cm³/mol. The quantitative estimate of drug-likeness (QED) is 0.479. The van der Waals surface area contributed by atoms with Gasteiger partial charge in [-0.15, -0.1) is 0 Å². The minimum absolute atomic E-state index is 0.0573. The highest BCUT2D eigenvalue weighted by atomic mass is 35.7. The van der Waals surface area contributed by atoms with Gasteiger partial charge in [-0.25, -0.2) is 8.42 Å². The lowest BCUT2D eigenvalue weighted by Crippen LogP contribution is -2.73. The molecule has 0 aliphatic carbocycles. The fraction of sp³-hybridized carbons (Fsp3) is 0.400. The predicted octanol–water partition coefficient (Wildman–Crippen LogP) is -0.371. The van der Waals surface area contributed by atoms with Crippen LogP contribution >= 0.6 is 10.7 Å².